The molecule has 0 heterocycles. The molecule has 0 aliphatic heterocycles. The second kappa shape index (κ2) is 4.94. The topological polar surface area (TPSA) is 91.3 Å². The van der Waals surface area contributed by atoms with Gasteiger partial charge in [0.15, 0.2) is 0 Å². The Hall–Kier alpha value is -2.35. The summed E-state index contributed by atoms with van der Waals surface area (Å²) in [5, 5.41) is 12.3. The van der Waals surface area contributed by atoms with Crippen molar-refractivity contribution >= 4 is 17.3 Å². The number of anilines is 1. The summed E-state index contributed by atoms with van der Waals surface area (Å²) < 4.78 is 0. The number of hydrogen-bond donors (Lipinski definition) is 2. The van der Waals surface area contributed by atoms with E-state index in [1.165, 1.54) is 0 Å². The molecule has 0 bridgehead atoms. The quantitative estimate of drug-likeness (QED) is 0.585. The number of nitriles is 1. The van der Waals surface area contributed by atoms with Gasteiger partial charge in [-0.1, -0.05) is 18.2 Å². The lowest BCUT2D eigenvalue weighted by molar-refractivity contribution is -0.111. The fraction of sp³-hybridized carbons (Fsp3) is 0.182. The molecule has 0 aromatic heterocycles. The second-order valence-electron chi connectivity index (χ2n) is 3.32. The zero-order valence-electron chi connectivity index (χ0n) is 9.11. The summed E-state index contributed by atoms with van der Waals surface area (Å²) in [6.07, 6.45) is 0. The third kappa shape index (κ3) is 2.58. The van der Waals surface area contributed by atoms with E-state index in [-0.39, 0.29) is 5.71 Å². The number of carbonyl (C=O) groups excluding carboxylic acids is 1. The van der Waals surface area contributed by atoms with Gasteiger partial charge in [0, 0.05) is 0 Å². The van der Waals surface area contributed by atoms with Crippen LogP contribution in [-0.4, -0.2) is 11.6 Å². The zero-order valence-corrected chi connectivity index (χ0v) is 9.11. The number of nitrogens with zero attached hydrogens (tertiary/aromatic N) is 2. The Morgan fingerprint density at radius 1 is 1.44 bits per heavy atom. The molecule has 5 nitrogen and oxygen atoms in total. The van der Waals surface area contributed by atoms with Gasteiger partial charge in [0.1, 0.15) is 6.07 Å². The summed E-state index contributed by atoms with van der Waals surface area (Å²) in [5.74, 6) is -0.846. The molecule has 3 N–H and O–H groups in total. The number of benzene rings is 1. The number of hydrogen-bond acceptors (Lipinski definition) is 4. The Labute approximate surface area is 93.6 Å². The highest BCUT2D eigenvalue weighted by Crippen LogP contribution is 2.19. The van der Waals surface area contributed by atoms with Crippen molar-refractivity contribution < 1.29 is 4.79 Å². The number of para-hydroxylation sites is 1. The van der Waals surface area contributed by atoms with E-state index in [0.29, 0.717) is 0 Å². The predicted octanol–water partition coefficient (Wildman–Crippen LogP) is 1.08. The summed E-state index contributed by atoms with van der Waals surface area (Å²) in [6.45, 7) is 3.81. The summed E-state index contributed by atoms with van der Waals surface area (Å²) in [4.78, 5) is 10.8. The minimum absolute atomic E-state index is 0.345. The number of hydrazone groups is 1. The predicted molar refractivity (Wildman–Crippen MR) is 61.8 cm³/mol. The van der Waals surface area contributed by atoms with E-state index < -0.39 is 5.91 Å². The lowest BCUT2D eigenvalue weighted by Crippen LogP contribution is -2.22. The highest BCUT2D eigenvalue weighted by molar-refractivity contribution is 6.44. The molecular formula is C11H12N4O. The third-order valence-corrected chi connectivity index (χ3v) is 2.10. The van der Waals surface area contributed by atoms with Crippen LogP contribution in [0.25, 0.3) is 0 Å². The molecule has 1 rings (SSSR count). The van der Waals surface area contributed by atoms with Gasteiger partial charge in [0.05, 0.1) is 5.69 Å². The monoisotopic (exact) mass is 216 g/mol. The SMILES string of the molecule is Cc1cccc(C)c1N/N=C(\C#N)C(N)=O. The molecule has 0 spiro atoms. The van der Waals surface area contributed by atoms with Crippen molar-refractivity contribution in [2.45, 2.75) is 13.8 Å². The molecule has 1 aromatic rings. The molecule has 0 aliphatic rings. The summed E-state index contributed by atoms with van der Waals surface area (Å²) >= 11 is 0. The normalized spacial score (nSPS) is 10.7. The summed E-state index contributed by atoms with van der Waals surface area (Å²) in [5.41, 5.74) is 10.0. The van der Waals surface area contributed by atoms with Crippen molar-refractivity contribution in [1.82, 2.24) is 0 Å². The first-order chi connectivity index (χ1) is 7.56. The minimum atomic E-state index is -0.846. The highest BCUT2D eigenvalue weighted by Gasteiger charge is 2.06. The summed E-state index contributed by atoms with van der Waals surface area (Å²) in [6, 6.07) is 7.35. The van der Waals surface area contributed by atoms with Crippen LogP contribution in [0.5, 0.6) is 0 Å². The number of nitrogens with two attached hydrogens (primary N) is 1. The van der Waals surface area contributed by atoms with Crippen molar-refractivity contribution in [2.75, 3.05) is 5.43 Å². The maximum atomic E-state index is 10.8. The zero-order chi connectivity index (χ0) is 12.1. The molecule has 0 aliphatic carbocycles. The van der Waals surface area contributed by atoms with E-state index in [2.05, 4.69) is 10.5 Å². The average Bonchev–Trinajstić information content (AvgIpc) is 2.22. The molecule has 0 atom stereocenters. The van der Waals surface area contributed by atoms with Crippen LogP contribution in [0.4, 0.5) is 5.69 Å². The van der Waals surface area contributed by atoms with E-state index in [1.54, 1.807) is 6.07 Å². The first-order valence-corrected chi connectivity index (χ1v) is 4.66. The van der Waals surface area contributed by atoms with E-state index in [4.69, 9.17) is 11.0 Å². The molecule has 82 valence electrons. The smallest absolute Gasteiger partial charge is 0.280 e. The van der Waals surface area contributed by atoms with E-state index in [1.807, 2.05) is 32.0 Å². The van der Waals surface area contributed by atoms with Gasteiger partial charge in [0.25, 0.3) is 5.91 Å². The number of nitrogens with one attached hydrogen (secondary N) is 1. The number of aryl methyl sites for hydroxylation is 2. The molecular weight excluding hydrogens is 204 g/mol. The molecule has 16 heavy (non-hydrogen) atoms. The van der Waals surface area contributed by atoms with Crippen LogP contribution < -0.4 is 11.2 Å². The third-order valence-electron chi connectivity index (χ3n) is 2.10. The Morgan fingerprint density at radius 2 is 2.00 bits per heavy atom. The Bertz CT molecular complexity index is 465. The average molecular weight is 216 g/mol. The molecule has 0 unspecified atom stereocenters. The number of carbonyl (C=O) groups is 1. The van der Waals surface area contributed by atoms with Gasteiger partial charge in [-0.3, -0.25) is 10.2 Å². The molecule has 1 amide bonds. The van der Waals surface area contributed by atoms with Crippen molar-refractivity contribution in [2.24, 2.45) is 10.8 Å². The van der Waals surface area contributed by atoms with Gasteiger partial charge in [-0.15, -0.1) is 0 Å². The van der Waals surface area contributed by atoms with E-state index in [0.717, 1.165) is 16.8 Å². The van der Waals surface area contributed by atoms with Gasteiger partial charge in [0.2, 0.25) is 5.71 Å². The second-order valence-corrected chi connectivity index (χ2v) is 3.32. The van der Waals surface area contributed by atoms with Crippen LogP contribution >= 0.6 is 0 Å². The fourth-order valence-corrected chi connectivity index (χ4v) is 1.24. The molecule has 5 heteroatoms. The van der Waals surface area contributed by atoms with Crippen molar-refractivity contribution in [3.8, 4) is 6.07 Å². The maximum Gasteiger partial charge on any atom is 0.280 e. The van der Waals surface area contributed by atoms with Crippen LogP contribution in [0.3, 0.4) is 0 Å². The number of rotatable bonds is 3. The van der Waals surface area contributed by atoms with E-state index in [9.17, 15) is 4.79 Å². The van der Waals surface area contributed by atoms with Crippen LogP contribution in [-0.2, 0) is 4.79 Å². The van der Waals surface area contributed by atoms with Gasteiger partial charge < -0.3 is 5.73 Å². The van der Waals surface area contributed by atoms with Gasteiger partial charge in [-0.2, -0.15) is 10.4 Å². The fourth-order valence-electron chi connectivity index (χ4n) is 1.24. The molecule has 1 aromatic carbocycles. The first-order valence-electron chi connectivity index (χ1n) is 4.66. The lowest BCUT2D eigenvalue weighted by atomic mass is 10.1. The number of amides is 1. The maximum absolute atomic E-state index is 10.8. The van der Waals surface area contributed by atoms with Crippen LogP contribution in [0.15, 0.2) is 23.3 Å². The number of primary amides is 1. The van der Waals surface area contributed by atoms with Crippen molar-refractivity contribution in [3.63, 3.8) is 0 Å². The first kappa shape index (κ1) is 11.7. The van der Waals surface area contributed by atoms with Crippen LogP contribution in [0, 0.1) is 25.2 Å². The van der Waals surface area contributed by atoms with Gasteiger partial charge in [-0.05, 0) is 25.0 Å². The Morgan fingerprint density at radius 3 is 2.44 bits per heavy atom. The van der Waals surface area contributed by atoms with Gasteiger partial charge >= 0.3 is 0 Å². The van der Waals surface area contributed by atoms with Crippen molar-refractivity contribution in [1.29, 1.82) is 5.26 Å². The standard InChI is InChI=1S/C11H12N4O/c1-7-4-3-5-8(2)10(7)15-14-9(6-12)11(13)16/h3-5,15H,1-2H3,(H2,13,16)/b14-9+. The van der Waals surface area contributed by atoms with Crippen LogP contribution in [0.1, 0.15) is 11.1 Å². The molecule has 0 saturated heterocycles. The summed E-state index contributed by atoms with van der Waals surface area (Å²) in [7, 11) is 0. The van der Waals surface area contributed by atoms with Crippen molar-refractivity contribution in [3.05, 3.63) is 29.3 Å². The van der Waals surface area contributed by atoms with E-state index >= 15 is 0 Å². The lowest BCUT2D eigenvalue weighted by Gasteiger charge is -2.07. The largest absolute Gasteiger partial charge is 0.364 e. The molecule has 0 fully saturated rings. The Kier molecular flexibility index (Phi) is 3.62. The Balaban J connectivity index is 2.99. The minimum Gasteiger partial charge on any atom is -0.364 e. The highest BCUT2D eigenvalue weighted by atomic mass is 16.1. The molecule has 0 radical (unpaired) electrons. The van der Waals surface area contributed by atoms with Gasteiger partial charge in [-0.25, -0.2) is 0 Å². The molecule has 0 saturated carbocycles. The van der Waals surface area contributed by atoms with Crippen LogP contribution in [0.2, 0.25) is 0 Å².